The van der Waals surface area contributed by atoms with E-state index in [4.69, 9.17) is 21.4 Å². The summed E-state index contributed by atoms with van der Waals surface area (Å²) in [7, 11) is 0. The minimum absolute atomic E-state index is 0.0382. The zero-order valence-electron chi connectivity index (χ0n) is 9.95. The van der Waals surface area contributed by atoms with Crippen molar-refractivity contribution in [3.8, 4) is 5.75 Å². The molecule has 100 valence electrons. The number of rotatable bonds is 6. The van der Waals surface area contributed by atoms with E-state index >= 15 is 0 Å². The van der Waals surface area contributed by atoms with Crippen molar-refractivity contribution >= 4 is 33.4 Å². The molecule has 4 nitrogen and oxygen atoms in total. The fourth-order valence-corrected chi connectivity index (χ4v) is 1.94. The van der Waals surface area contributed by atoms with Gasteiger partial charge >= 0.3 is 0 Å². The molecule has 0 radical (unpaired) electrons. The summed E-state index contributed by atoms with van der Waals surface area (Å²) in [6.45, 7) is 2.25. The monoisotopic (exact) mass is 335 g/mol. The molecule has 0 aromatic heterocycles. The number of benzene rings is 1. The summed E-state index contributed by atoms with van der Waals surface area (Å²) < 4.78 is 6.04. The van der Waals surface area contributed by atoms with Gasteiger partial charge < -0.3 is 15.2 Å². The molecule has 2 N–H and O–H groups in total. The van der Waals surface area contributed by atoms with Crippen LogP contribution in [0.4, 0.5) is 0 Å². The van der Waals surface area contributed by atoms with E-state index in [-0.39, 0.29) is 25.0 Å². The number of ether oxygens (including phenoxy) is 1. The summed E-state index contributed by atoms with van der Waals surface area (Å²) >= 11 is 9.09. The van der Waals surface area contributed by atoms with Crippen molar-refractivity contribution in [1.29, 1.82) is 0 Å². The highest BCUT2D eigenvalue weighted by atomic mass is 79.9. The van der Waals surface area contributed by atoms with Crippen molar-refractivity contribution in [2.24, 2.45) is 5.92 Å². The molecule has 0 saturated heterocycles. The van der Waals surface area contributed by atoms with Crippen molar-refractivity contribution in [3.05, 3.63) is 27.7 Å². The number of amides is 1. The maximum Gasteiger partial charge on any atom is 0.257 e. The molecule has 0 aliphatic carbocycles. The van der Waals surface area contributed by atoms with Gasteiger partial charge in [-0.3, -0.25) is 4.79 Å². The molecule has 1 atom stereocenters. The highest BCUT2D eigenvalue weighted by Gasteiger charge is 2.07. The Bertz CT molecular complexity index is 414. The predicted octanol–water partition coefficient (Wildman–Crippen LogP) is 2.23. The van der Waals surface area contributed by atoms with E-state index in [2.05, 4.69) is 21.2 Å². The standard InChI is InChI=1S/C12H15BrClNO3/c1-8(6-16)5-15-12(17)7-18-11-3-2-9(14)4-10(11)13/h2-4,8,16H,5-7H2,1H3,(H,15,17). The van der Waals surface area contributed by atoms with Gasteiger partial charge in [-0.15, -0.1) is 0 Å². The van der Waals surface area contributed by atoms with Crippen LogP contribution < -0.4 is 10.1 Å². The SMILES string of the molecule is CC(CO)CNC(=O)COc1ccc(Cl)cc1Br. The Balaban J connectivity index is 2.38. The zero-order chi connectivity index (χ0) is 13.5. The van der Waals surface area contributed by atoms with Crippen LogP contribution in [0, 0.1) is 5.92 Å². The van der Waals surface area contributed by atoms with Crippen LogP contribution in [0.2, 0.25) is 5.02 Å². The molecule has 0 aliphatic rings. The maximum atomic E-state index is 11.5. The summed E-state index contributed by atoms with van der Waals surface area (Å²) in [6, 6.07) is 5.08. The second-order valence-corrected chi connectivity index (χ2v) is 5.25. The van der Waals surface area contributed by atoms with Gasteiger partial charge in [0.2, 0.25) is 0 Å². The summed E-state index contributed by atoms with van der Waals surface area (Å²) in [5.41, 5.74) is 0. The lowest BCUT2D eigenvalue weighted by atomic mass is 10.2. The number of aliphatic hydroxyl groups excluding tert-OH is 1. The maximum absolute atomic E-state index is 11.5. The summed E-state index contributed by atoms with van der Waals surface area (Å²) in [5.74, 6) is 0.373. The van der Waals surface area contributed by atoms with Gasteiger partial charge in [-0.25, -0.2) is 0 Å². The van der Waals surface area contributed by atoms with E-state index in [9.17, 15) is 4.79 Å². The van der Waals surface area contributed by atoms with Crippen molar-refractivity contribution in [2.45, 2.75) is 6.92 Å². The van der Waals surface area contributed by atoms with Gasteiger partial charge in [-0.2, -0.15) is 0 Å². The molecule has 1 amide bonds. The average Bonchev–Trinajstić information content (AvgIpc) is 2.34. The topological polar surface area (TPSA) is 58.6 Å². The predicted molar refractivity (Wildman–Crippen MR) is 73.9 cm³/mol. The van der Waals surface area contributed by atoms with Crippen LogP contribution in [0.1, 0.15) is 6.92 Å². The number of hydrogen-bond acceptors (Lipinski definition) is 3. The molecular weight excluding hydrogens is 321 g/mol. The van der Waals surface area contributed by atoms with Gasteiger partial charge in [0, 0.05) is 18.2 Å². The number of carbonyl (C=O) groups excluding carboxylic acids is 1. The van der Waals surface area contributed by atoms with E-state index in [1.165, 1.54) is 0 Å². The minimum atomic E-state index is -0.225. The molecule has 0 fully saturated rings. The number of halogens is 2. The quantitative estimate of drug-likeness (QED) is 0.837. The van der Waals surface area contributed by atoms with E-state index in [1.807, 2.05) is 6.92 Å². The molecular formula is C12H15BrClNO3. The van der Waals surface area contributed by atoms with Gasteiger partial charge in [0.15, 0.2) is 6.61 Å². The van der Waals surface area contributed by atoms with E-state index in [1.54, 1.807) is 18.2 Å². The molecule has 1 aromatic rings. The highest BCUT2D eigenvalue weighted by Crippen LogP contribution is 2.27. The lowest BCUT2D eigenvalue weighted by Gasteiger charge is -2.11. The van der Waals surface area contributed by atoms with Gasteiger partial charge in [0.05, 0.1) is 4.47 Å². The highest BCUT2D eigenvalue weighted by molar-refractivity contribution is 9.10. The summed E-state index contributed by atoms with van der Waals surface area (Å²) in [6.07, 6.45) is 0. The Morgan fingerprint density at radius 1 is 1.61 bits per heavy atom. The zero-order valence-corrected chi connectivity index (χ0v) is 12.3. The number of aliphatic hydroxyl groups is 1. The first-order chi connectivity index (χ1) is 8.52. The first-order valence-electron chi connectivity index (χ1n) is 5.48. The molecule has 0 aliphatic heterocycles. The van der Waals surface area contributed by atoms with E-state index < -0.39 is 0 Å². The molecule has 1 unspecified atom stereocenters. The first-order valence-corrected chi connectivity index (χ1v) is 6.65. The molecule has 0 spiro atoms. The Morgan fingerprint density at radius 3 is 2.94 bits per heavy atom. The molecule has 18 heavy (non-hydrogen) atoms. The average molecular weight is 337 g/mol. The van der Waals surface area contributed by atoms with Crippen molar-refractivity contribution < 1.29 is 14.6 Å². The van der Waals surface area contributed by atoms with Crippen LogP contribution in [0.3, 0.4) is 0 Å². The minimum Gasteiger partial charge on any atom is -0.483 e. The van der Waals surface area contributed by atoms with Crippen molar-refractivity contribution in [2.75, 3.05) is 19.8 Å². The molecule has 0 heterocycles. The fourth-order valence-electron chi connectivity index (χ4n) is 1.14. The van der Waals surface area contributed by atoms with Gasteiger partial charge in [-0.1, -0.05) is 18.5 Å². The molecule has 1 aromatic carbocycles. The smallest absolute Gasteiger partial charge is 0.257 e. The third-order valence-electron chi connectivity index (χ3n) is 2.21. The lowest BCUT2D eigenvalue weighted by Crippen LogP contribution is -2.33. The Hall–Kier alpha value is -0.780. The number of hydrogen-bond donors (Lipinski definition) is 2. The fraction of sp³-hybridized carbons (Fsp3) is 0.417. The third-order valence-corrected chi connectivity index (χ3v) is 3.07. The second kappa shape index (κ2) is 7.61. The van der Waals surface area contributed by atoms with Crippen LogP contribution in [0.5, 0.6) is 5.75 Å². The van der Waals surface area contributed by atoms with Gasteiger partial charge in [0.1, 0.15) is 5.75 Å². The summed E-state index contributed by atoms with van der Waals surface area (Å²) in [5, 5.41) is 12.1. The van der Waals surface area contributed by atoms with Gasteiger partial charge in [-0.05, 0) is 40.0 Å². The second-order valence-electron chi connectivity index (χ2n) is 3.96. The van der Waals surface area contributed by atoms with E-state index in [0.717, 1.165) is 0 Å². The van der Waals surface area contributed by atoms with Crippen LogP contribution in [0.15, 0.2) is 22.7 Å². The van der Waals surface area contributed by atoms with Crippen LogP contribution in [-0.2, 0) is 4.79 Å². The number of nitrogens with one attached hydrogen (secondary N) is 1. The van der Waals surface area contributed by atoms with Gasteiger partial charge in [0.25, 0.3) is 5.91 Å². The molecule has 6 heteroatoms. The van der Waals surface area contributed by atoms with Crippen LogP contribution >= 0.6 is 27.5 Å². The van der Waals surface area contributed by atoms with Crippen LogP contribution in [-0.4, -0.2) is 30.8 Å². The largest absolute Gasteiger partial charge is 0.483 e. The van der Waals surface area contributed by atoms with Crippen molar-refractivity contribution in [1.82, 2.24) is 5.32 Å². The van der Waals surface area contributed by atoms with Crippen LogP contribution in [0.25, 0.3) is 0 Å². The van der Waals surface area contributed by atoms with Crippen molar-refractivity contribution in [3.63, 3.8) is 0 Å². The Morgan fingerprint density at radius 2 is 2.33 bits per heavy atom. The third kappa shape index (κ3) is 5.25. The Kier molecular flexibility index (Phi) is 6.46. The molecule has 0 saturated carbocycles. The number of carbonyl (C=O) groups is 1. The normalized spacial score (nSPS) is 12.0. The Labute approximate surface area is 119 Å². The molecule has 0 bridgehead atoms. The summed E-state index contributed by atoms with van der Waals surface area (Å²) in [4.78, 5) is 11.5. The molecule has 1 rings (SSSR count). The lowest BCUT2D eigenvalue weighted by molar-refractivity contribution is -0.123. The van der Waals surface area contributed by atoms with E-state index in [0.29, 0.717) is 21.8 Å². The first kappa shape index (κ1) is 15.3.